The van der Waals surface area contributed by atoms with Crippen LogP contribution in [0, 0.1) is 0 Å². The molecule has 0 fully saturated rings. The molecule has 6 heteroatoms. The summed E-state index contributed by atoms with van der Waals surface area (Å²) in [6.07, 6.45) is 2.16. The average molecular weight is 295 g/mol. The maximum absolute atomic E-state index is 10.1. The molecule has 1 aromatic rings. The van der Waals surface area contributed by atoms with Crippen molar-refractivity contribution in [2.75, 3.05) is 18.5 Å². The van der Waals surface area contributed by atoms with Gasteiger partial charge in [0.15, 0.2) is 0 Å². The molecule has 0 radical (unpaired) electrons. The fourth-order valence-electron chi connectivity index (χ4n) is 1.09. The van der Waals surface area contributed by atoms with E-state index in [2.05, 4.69) is 5.32 Å². The molecule has 0 amide bonds. The summed E-state index contributed by atoms with van der Waals surface area (Å²) in [5, 5.41) is 19.4. The Bertz CT molecular complexity index is 456. The number of aliphatic carboxylic acids is 2. The molecule has 0 aromatic heterocycles. The first-order chi connectivity index (χ1) is 9.97. The van der Waals surface area contributed by atoms with E-state index >= 15 is 0 Å². The molecule has 0 aliphatic carbocycles. The molecule has 0 saturated heterocycles. The summed E-state index contributed by atoms with van der Waals surface area (Å²) in [5.74, 6) is -1.79. The highest BCUT2D eigenvalue weighted by Gasteiger charge is 1.97. The Labute approximate surface area is 124 Å². The molecule has 0 atom stereocenters. The molecule has 0 heterocycles. The zero-order valence-electron chi connectivity index (χ0n) is 12.2. The van der Waals surface area contributed by atoms with Crippen LogP contribution >= 0.6 is 0 Å². The van der Waals surface area contributed by atoms with Crippen molar-refractivity contribution in [1.82, 2.24) is 0 Å². The van der Waals surface area contributed by atoms with E-state index < -0.39 is 11.9 Å². The van der Waals surface area contributed by atoms with Gasteiger partial charge in [0, 0.05) is 5.69 Å². The number of carbonyl (C=O) groups is 2. The monoisotopic (exact) mass is 295 g/mol. The fraction of sp³-hybridized carbons (Fsp3) is 0.333. The Morgan fingerprint density at radius 1 is 1.24 bits per heavy atom. The van der Waals surface area contributed by atoms with Gasteiger partial charge in [-0.2, -0.15) is 0 Å². The van der Waals surface area contributed by atoms with E-state index in [1.165, 1.54) is 13.2 Å². The Hall–Kier alpha value is -2.50. The van der Waals surface area contributed by atoms with Crippen LogP contribution in [0.4, 0.5) is 5.69 Å². The molecule has 21 heavy (non-hydrogen) atoms. The standard InChI is InChI=1S/C8H9NO2.C7H12O3/c10-8(11)6-9-7-4-2-1-3-5-7;1-3-4-10-5-6(2)7(8)9/h1-5,9H,6H2,(H,10,11);5H,3-4H2,1-2H3,(H,8,9). The second-order valence-corrected chi connectivity index (χ2v) is 4.09. The first kappa shape index (κ1) is 18.5. The quantitative estimate of drug-likeness (QED) is 0.406. The molecular formula is C15H21NO5. The van der Waals surface area contributed by atoms with Crippen molar-refractivity contribution in [3.05, 3.63) is 42.2 Å². The lowest BCUT2D eigenvalue weighted by Gasteiger charge is -2.00. The van der Waals surface area contributed by atoms with Gasteiger partial charge in [-0.3, -0.25) is 4.79 Å². The molecule has 0 bridgehead atoms. The van der Waals surface area contributed by atoms with E-state index in [0.29, 0.717) is 6.61 Å². The lowest BCUT2D eigenvalue weighted by Crippen LogP contribution is -2.11. The molecule has 1 aromatic carbocycles. The van der Waals surface area contributed by atoms with Crippen molar-refractivity contribution in [3.8, 4) is 0 Å². The van der Waals surface area contributed by atoms with Crippen LogP contribution in [-0.4, -0.2) is 35.3 Å². The minimum absolute atomic E-state index is 0.0377. The third-order valence-corrected chi connectivity index (χ3v) is 2.14. The number of carboxylic acids is 2. The van der Waals surface area contributed by atoms with E-state index in [9.17, 15) is 9.59 Å². The normalized spacial score (nSPS) is 10.1. The van der Waals surface area contributed by atoms with Gasteiger partial charge >= 0.3 is 11.9 Å². The molecule has 0 spiro atoms. The Morgan fingerprint density at radius 3 is 2.33 bits per heavy atom. The van der Waals surface area contributed by atoms with E-state index in [4.69, 9.17) is 14.9 Å². The summed E-state index contributed by atoms with van der Waals surface area (Å²) in [5.41, 5.74) is 1.06. The van der Waals surface area contributed by atoms with Crippen molar-refractivity contribution in [2.45, 2.75) is 20.3 Å². The highest BCUT2D eigenvalue weighted by molar-refractivity contribution is 5.85. The zero-order valence-corrected chi connectivity index (χ0v) is 12.2. The zero-order chi connectivity index (χ0) is 16.1. The van der Waals surface area contributed by atoms with E-state index in [-0.39, 0.29) is 12.1 Å². The maximum atomic E-state index is 10.1. The first-order valence-corrected chi connectivity index (χ1v) is 6.49. The van der Waals surface area contributed by atoms with E-state index in [0.717, 1.165) is 12.1 Å². The molecule has 0 saturated carbocycles. The number of rotatable bonds is 7. The summed E-state index contributed by atoms with van der Waals surface area (Å²) in [6.45, 7) is 4.00. The number of benzene rings is 1. The van der Waals surface area contributed by atoms with Crippen LogP contribution in [0.3, 0.4) is 0 Å². The van der Waals surface area contributed by atoms with Crippen LogP contribution in [0.5, 0.6) is 0 Å². The second kappa shape index (κ2) is 11.3. The molecule has 0 aliphatic rings. The van der Waals surface area contributed by atoms with Crippen LogP contribution in [-0.2, 0) is 14.3 Å². The van der Waals surface area contributed by atoms with Gasteiger partial charge in [-0.1, -0.05) is 25.1 Å². The molecular weight excluding hydrogens is 274 g/mol. The van der Waals surface area contributed by atoms with Crippen LogP contribution in [0.2, 0.25) is 0 Å². The topological polar surface area (TPSA) is 95.9 Å². The Balaban J connectivity index is 0.000000384. The van der Waals surface area contributed by atoms with Gasteiger partial charge in [0.25, 0.3) is 0 Å². The van der Waals surface area contributed by atoms with Crippen molar-refractivity contribution in [1.29, 1.82) is 0 Å². The van der Waals surface area contributed by atoms with Crippen molar-refractivity contribution in [2.24, 2.45) is 0 Å². The largest absolute Gasteiger partial charge is 0.501 e. The third-order valence-electron chi connectivity index (χ3n) is 2.14. The van der Waals surface area contributed by atoms with E-state index in [1.54, 1.807) is 0 Å². The van der Waals surface area contributed by atoms with Crippen molar-refractivity contribution in [3.63, 3.8) is 0 Å². The molecule has 0 aliphatic heterocycles. The fourth-order valence-corrected chi connectivity index (χ4v) is 1.09. The molecule has 0 unspecified atom stereocenters. The molecule has 1 rings (SSSR count). The number of ether oxygens (including phenoxy) is 1. The summed E-state index contributed by atoms with van der Waals surface area (Å²) < 4.78 is 4.86. The summed E-state index contributed by atoms with van der Waals surface area (Å²) >= 11 is 0. The van der Waals surface area contributed by atoms with Gasteiger partial charge in [0.2, 0.25) is 0 Å². The summed E-state index contributed by atoms with van der Waals surface area (Å²) in [6, 6.07) is 9.23. The molecule has 116 valence electrons. The number of para-hydroxylation sites is 1. The van der Waals surface area contributed by atoms with Crippen LogP contribution < -0.4 is 5.32 Å². The minimum atomic E-state index is -0.934. The van der Waals surface area contributed by atoms with E-state index in [1.807, 2.05) is 37.3 Å². The molecule has 3 N–H and O–H groups in total. The number of nitrogens with one attached hydrogen (secondary N) is 1. The van der Waals surface area contributed by atoms with Gasteiger partial charge < -0.3 is 20.3 Å². The van der Waals surface area contributed by atoms with Crippen molar-refractivity contribution >= 4 is 17.6 Å². The number of carboxylic acid groups (broad SMARTS) is 2. The van der Waals surface area contributed by atoms with Crippen LogP contribution in [0.1, 0.15) is 20.3 Å². The Morgan fingerprint density at radius 2 is 1.86 bits per heavy atom. The average Bonchev–Trinajstić information content (AvgIpc) is 2.47. The predicted octanol–water partition coefficient (Wildman–Crippen LogP) is 2.58. The smallest absolute Gasteiger partial charge is 0.334 e. The van der Waals surface area contributed by atoms with Gasteiger partial charge in [-0.05, 0) is 25.5 Å². The highest BCUT2D eigenvalue weighted by atomic mass is 16.5. The third kappa shape index (κ3) is 11.1. The SMILES string of the molecule is CCCOC=C(C)C(=O)O.O=C(O)CNc1ccccc1. The maximum Gasteiger partial charge on any atom is 0.334 e. The summed E-state index contributed by atoms with van der Waals surface area (Å²) in [4.78, 5) is 20.3. The van der Waals surface area contributed by atoms with Gasteiger partial charge in [-0.15, -0.1) is 0 Å². The van der Waals surface area contributed by atoms with Crippen LogP contribution in [0.25, 0.3) is 0 Å². The summed E-state index contributed by atoms with van der Waals surface area (Å²) in [7, 11) is 0. The lowest BCUT2D eigenvalue weighted by atomic mass is 10.3. The lowest BCUT2D eigenvalue weighted by molar-refractivity contribution is -0.135. The van der Waals surface area contributed by atoms with Crippen molar-refractivity contribution < 1.29 is 24.5 Å². The van der Waals surface area contributed by atoms with Gasteiger partial charge in [-0.25, -0.2) is 4.79 Å². The minimum Gasteiger partial charge on any atom is -0.501 e. The number of hydrogen-bond donors (Lipinski definition) is 3. The van der Waals surface area contributed by atoms with Crippen LogP contribution in [0.15, 0.2) is 42.2 Å². The van der Waals surface area contributed by atoms with Gasteiger partial charge in [0.05, 0.1) is 18.4 Å². The van der Waals surface area contributed by atoms with Gasteiger partial charge in [0.1, 0.15) is 6.54 Å². The highest BCUT2D eigenvalue weighted by Crippen LogP contribution is 2.03. The second-order valence-electron chi connectivity index (χ2n) is 4.09. The first-order valence-electron chi connectivity index (χ1n) is 6.49. The number of hydrogen-bond acceptors (Lipinski definition) is 4. The number of anilines is 1. The molecule has 6 nitrogen and oxygen atoms in total. The Kier molecular flexibility index (Phi) is 9.99. The predicted molar refractivity (Wildman–Crippen MR) is 80.2 cm³/mol.